The smallest absolute Gasteiger partial charge is 0.355 e. The van der Waals surface area contributed by atoms with E-state index in [2.05, 4.69) is 22.8 Å². The molecule has 0 bridgehead atoms. The normalized spacial score (nSPS) is 10.8. The van der Waals surface area contributed by atoms with Crippen LogP contribution in [0.2, 0.25) is 0 Å². The number of para-hydroxylation sites is 1. The molecule has 0 fully saturated rings. The van der Waals surface area contributed by atoms with Gasteiger partial charge in [0, 0.05) is 17.4 Å². The summed E-state index contributed by atoms with van der Waals surface area (Å²) >= 11 is 0. The first-order valence-electron chi connectivity index (χ1n) is 7.51. The topological polar surface area (TPSA) is 31.2 Å². The fraction of sp³-hybridized carbons (Fsp3) is 0.211. The van der Waals surface area contributed by atoms with Crippen molar-refractivity contribution in [1.29, 1.82) is 0 Å². The number of esters is 1. The van der Waals surface area contributed by atoms with Gasteiger partial charge in [0.1, 0.15) is 5.69 Å². The molecule has 22 heavy (non-hydrogen) atoms. The van der Waals surface area contributed by atoms with Crippen LogP contribution < -0.4 is 0 Å². The van der Waals surface area contributed by atoms with Crippen LogP contribution in [-0.4, -0.2) is 17.1 Å². The summed E-state index contributed by atoms with van der Waals surface area (Å²) in [6, 6.07) is 18.3. The van der Waals surface area contributed by atoms with Crippen LogP contribution >= 0.6 is 0 Å². The van der Waals surface area contributed by atoms with Gasteiger partial charge in [0.15, 0.2) is 0 Å². The first kappa shape index (κ1) is 14.4. The van der Waals surface area contributed by atoms with Crippen LogP contribution in [0.3, 0.4) is 0 Å². The maximum absolute atomic E-state index is 12.4. The minimum absolute atomic E-state index is 0.257. The summed E-state index contributed by atoms with van der Waals surface area (Å²) in [4.78, 5) is 12.4. The second-order valence-corrected chi connectivity index (χ2v) is 5.28. The summed E-state index contributed by atoms with van der Waals surface area (Å²) in [7, 11) is 0. The Morgan fingerprint density at radius 3 is 2.45 bits per heavy atom. The summed E-state index contributed by atoms with van der Waals surface area (Å²) < 4.78 is 7.31. The molecule has 1 aromatic heterocycles. The highest BCUT2D eigenvalue weighted by Gasteiger charge is 2.21. The van der Waals surface area contributed by atoms with Crippen molar-refractivity contribution in [2.24, 2.45) is 0 Å². The second kappa shape index (κ2) is 6.06. The molecule has 0 radical (unpaired) electrons. The van der Waals surface area contributed by atoms with Gasteiger partial charge >= 0.3 is 5.97 Å². The third kappa shape index (κ3) is 2.50. The van der Waals surface area contributed by atoms with Gasteiger partial charge in [-0.3, -0.25) is 0 Å². The largest absolute Gasteiger partial charge is 0.461 e. The average molecular weight is 293 g/mol. The zero-order valence-corrected chi connectivity index (χ0v) is 12.9. The van der Waals surface area contributed by atoms with Gasteiger partial charge in [0.2, 0.25) is 0 Å². The number of hydrogen-bond donors (Lipinski definition) is 0. The van der Waals surface area contributed by atoms with Gasteiger partial charge in [0.25, 0.3) is 0 Å². The van der Waals surface area contributed by atoms with E-state index in [1.54, 1.807) is 0 Å². The van der Waals surface area contributed by atoms with E-state index in [0.29, 0.717) is 18.8 Å². The molecule has 0 saturated heterocycles. The Morgan fingerprint density at radius 1 is 1.05 bits per heavy atom. The summed E-state index contributed by atoms with van der Waals surface area (Å²) in [6.07, 6.45) is 0. The van der Waals surface area contributed by atoms with Crippen molar-refractivity contribution in [3.8, 4) is 0 Å². The number of aromatic nitrogens is 1. The van der Waals surface area contributed by atoms with Crippen molar-refractivity contribution in [3.05, 3.63) is 71.4 Å². The lowest BCUT2D eigenvalue weighted by molar-refractivity contribution is 0.0514. The van der Waals surface area contributed by atoms with Gasteiger partial charge in [-0.15, -0.1) is 0 Å². The number of carbonyl (C=O) groups excluding carboxylic acids is 1. The first-order valence-corrected chi connectivity index (χ1v) is 7.51. The molecule has 0 atom stereocenters. The Morgan fingerprint density at radius 2 is 1.73 bits per heavy atom. The molecule has 3 aromatic rings. The number of fused-ring (bicyclic) bond motifs is 1. The fourth-order valence-electron chi connectivity index (χ4n) is 2.87. The van der Waals surface area contributed by atoms with Crippen LogP contribution in [0, 0.1) is 6.92 Å². The highest BCUT2D eigenvalue weighted by Crippen LogP contribution is 2.27. The Bertz CT molecular complexity index is 803. The van der Waals surface area contributed by atoms with E-state index in [4.69, 9.17) is 4.74 Å². The number of rotatable bonds is 4. The minimum Gasteiger partial charge on any atom is -0.461 e. The second-order valence-electron chi connectivity index (χ2n) is 5.28. The molecule has 0 saturated carbocycles. The van der Waals surface area contributed by atoms with Gasteiger partial charge in [-0.25, -0.2) is 4.79 Å². The SMILES string of the molecule is CCOC(=O)c1c(C)c2ccccc2n1Cc1ccccc1. The summed E-state index contributed by atoms with van der Waals surface area (Å²) in [5.41, 5.74) is 3.84. The lowest BCUT2D eigenvalue weighted by atomic mass is 10.1. The van der Waals surface area contributed by atoms with Gasteiger partial charge in [-0.1, -0.05) is 48.5 Å². The molecule has 3 nitrogen and oxygen atoms in total. The van der Waals surface area contributed by atoms with E-state index in [1.807, 2.05) is 50.2 Å². The number of benzene rings is 2. The molecular formula is C19H19NO2. The highest BCUT2D eigenvalue weighted by atomic mass is 16.5. The fourth-order valence-corrected chi connectivity index (χ4v) is 2.87. The molecule has 2 aromatic carbocycles. The molecule has 112 valence electrons. The van der Waals surface area contributed by atoms with Crippen molar-refractivity contribution < 1.29 is 9.53 Å². The Balaban J connectivity index is 2.17. The quantitative estimate of drug-likeness (QED) is 0.676. The zero-order chi connectivity index (χ0) is 15.5. The molecular weight excluding hydrogens is 274 g/mol. The molecule has 0 amide bonds. The van der Waals surface area contributed by atoms with Crippen molar-refractivity contribution >= 4 is 16.9 Å². The average Bonchev–Trinajstić information content (AvgIpc) is 2.82. The third-order valence-electron chi connectivity index (χ3n) is 3.88. The van der Waals surface area contributed by atoms with Gasteiger partial charge in [-0.2, -0.15) is 0 Å². The zero-order valence-electron chi connectivity index (χ0n) is 12.9. The Hall–Kier alpha value is -2.55. The van der Waals surface area contributed by atoms with Crippen LogP contribution in [0.4, 0.5) is 0 Å². The van der Waals surface area contributed by atoms with Crippen LogP contribution in [-0.2, 0) is 11.3 Å². The first-order chi connectivity index (χ1) is 10.7. The van der Waals surface area contributed by atoms with Gasteiger partial charge < -0.3 is 9.30 Å². The Labute approximate surface area is 130 Å². The molecule has 3 heteroatoms. The van der Waals surface area contributed by atoms with E-state index < -0.39 is 0 Å². The number of aryl methyl sites for hydroxylation is 1. The van der Waals surface area contributed by atoms with Gasteiger partial charge in [0.05, 0.1) is 6.61 Å². The lowest BCUT2D eigenvalue weighted by Crippen LogP contribution is -2.14. The Kier molecular flexibility index (Phi) is 3.96. The van der Waals surface area contributed by atoms with Crippen LogP contribution in [0.5, 0.6) is 0 Å². The predicted molar refractivity (Wildman–Crippen MR) is 88.2 cm³/mol. The molecule has 0 spiro atoms. The molecule has 0 aliphatic carbocycles. The van der Waals surface area contributed by atoms with Gasteiger partial charge in [-0.05, 0) is 31.0 Å². The van der Waals surface area contributed by atoms with Crippen molar-refractivity contribution in [1.82, 2.24) is 4.57 Å². The number of hydrogen-bond acceptors (Lipinski definition) is 2. The van der Waals surface area contributed by atoms with E-state index in [0.717, 1.165) is 22.0 Å². The predicted octanol–water partition coefficient (Wildman–Crippen LogP) is 4.17. The van der Waals surface area contributed by atoms with Crippen molar-refractivity contribution in [2.45, 2.75) is 20.4 Å². The maximum atomic E-state index is 12.4. The van der Waals surface area contributed by atoms with Crippen molar-refractivity contribution in [2.75, 3.05) is 6.61 Å². The lowest BCUT2D eigenvalue weighted by Gasteiger charge is -2.11. The standard InChI is InChI=1S/C19H19NO2/c1-3-22-19(21)18-14(2)16-11-7-8-12-17(16)20(18)13-15-9-5-4-6-10-15/h4-12H,3,13H2,1-2H3. The van der Waals surface area contributed by atoms with Crippen LogP contribution in [0.1, 0.15) is 28.5 Å². The summed E-state index contributed by atoms with van der Waals surface area (Å²) in [5.74, 6) is -0.257. The van der Waals surface area contributed by atoms with Crippen LogP contribution in [0.15, 0.2) is 54.6 Å². The molecule has 0 aliphatic rings. The minimum atomic E-state index is -0.257. The molecule has 3 rings (SSSR count). The molecule has 0 N–H and O–H groups in total. The summed E-state index contributed by atoms with van der Waals surface area (Å²) in [5, 5.41) is 1.10. The van der Waals surface area contributed by atoms with Crippen molar-refractivity contribution in [3.63, 3.8) is 0 Å². The highest BCUT2D eigenvalue weighted by molar-refractivity contribution is 5.99. The monoisotopic (exact) mass is 293 g/mol. The summed E-state index contributed by atoms with van der Waals surface area (Å²) in [6.45, 7) is 4.85. The van der Waals surface area contributed by atoms with E-state index in [-0.39, 0.29) is 5.97 Å². The third-order valence-corrected chi connectivity index (χ3v) is 3.88. The molecule has 0 aliphatic heterocycles. The van der Waals surface area contributed by atoms with E-state index in [9.17, 15) is 4.79 Å². The molecule has 1 heterocycles. The number of ether oxygens (including phenoxy) is 1. The molecule has 0 unspecified atom stereocenters. The van der Waals surface area contributed by atoms with Crippen LogP contribution in [0.25, 0.3) is 10.9 Å². The number of nitrogens with zero attached hydrogens (tertiary/aromatic N) is 1. The number of carbonyl (C=O) groups is 1. The maximum Gasteiger partial charge on any atom is 0.355 e. The van der Waals surface area contributed by atoms with E-state index >= 15 is 0 Å². The van der Waals surface area contributed by atoms with E-state index in [1.165, 1.54) is 0 Å².